The Labute approximate surface area is 96.9 Å². The van der Waals surface area contributed by atoms with E-state index in [0.717, 1.165) is 6.42 Å². The number of carbonyl (C=O) groups is 2. The molecule has 0 aliphatic carbocycles. The Bertz CT molecular complexity index is 301. The van der Waals surface area contributed by atoms with Gasteiger partial charge in [0.05, 0.1) is 6.04 Å². The van der Waals surface area contributed by atoms with E-state index in [4.69, 9.17) is 0 Å². The second kappa shape index (κ2) is 5.14. The molecule has 90 valence electrons. The van der Waals surface area contributed by atoms with Crippen LogP contribution in [0, 0.1) is 5.92 Å². The summed E-state index contributed by atoms with van der Waals surface area (Å²) in [6.07, 6.45) is 2.46. The van der Waals surface area contributed by atoms with Crippen LogP contribution < -0.4 is 0 Å². The van der Waals surface area contributed by atoms with Gasteiger partial charge in [-0.05, 0) is 19.3 Å². The van der Waals surface area contributed by atoms with Crippen LogP contribution in [0.5, 0.6) is 0 Å². The fourth-order valence-electron chi connectivity index (χ4n) is 2.13. The van der Waals surface area contributed by atoms with Crippen molar-refractivity contribution in [3.05, 3.63) is 12.7 Å². The summed E-state index contributed by atoms with van der Waals surface area (Å²) in [5, 5.41) is 0. The van der Waals surface area contributed by atoms with E-state index < -0.39 is 0 Å². The molecule has 0 spiro atoms. The first-order chi connectivity index (χ1) is 7.47. The first-order valence-corrected chi connectivity index (χ1v) is 5.60. The third-order valence-corrected chi connectivity index (χ3v) is 2.95. The maximum atomic E-state index is 12.0. The minimum absolute atomic E-state index is 0.0738. The third kappa shape index (κ3) is 2.62. The molecule has 0 N–H and O–H groups in total. The molecule has 0 bridgehead atoms. The van der Waals surface area contributed by atoms with Crippen LogP contribution in [0.15, 0.2) is 12.7 Å². The number of rotatable bonds is 3. The smallest absolute Gasteiger partial charge is 0.320 e. The van der Waals surface area contributed by atoms with Crippen molar-refractivity contribution in [3.8, 4) is 0 Å². The standard InChI is InChI=1S/C12H20N2O2/c1-5-6-13(4)12(16)14-8-9(2)7-11(14)10(3)15/h5,9,11H,1,6-8H2,2-4H3. The van der Waals surface area contributed by atoms with Gasteiger partial charge >= 0.3 is 6.03 Å². The van der Waals surface area contributed by atoms with Crippen molar-refractivity contribution in [3.63, 3.8) is 0 Å². The SMILES string of the molecule is C=CCN(C)C(=O)N1CC(C)CC1C(C)=O. The number of urea groups is 1. The Morgan fingerprint density at radius 1 is 1.56 bits per heavy atom. The van der Waals surface area contributed by atoms with Gasteiger partial charge < -0.3 is 9.80 Å². The summed E-state index contributed by atoms with van der Waals surface area (Å²) in [5.74, 6) is 0.472. The number of amides is 2. The summed E-state index contributed by atoms with van der Waals surface area (Å²) < 4.78 is 0. The largest absolute Gasteiger partial charge is 0.324 e. The van der Waals surface area contributed by atoms with E-state index >= 15 is 0 Å². The number of carbonyl (C=O) groups excluding carboxylic acids is 2. The van der Waals surface area contributed by atoms with E-state index in [1.54, 1.807) is 29.8 Å². The van der Waals surface area contributed by atoms with Gasteiger partial charge in [0.15, 0.2) is 5.78 Å². The first-order valence-electron chi connectivity index (χ1n) is 5.60. The summed E-state index contributed by atoms with van der Waals surface area (Å²) >= 11 is 0. The lowest BCUT2D eigenvalue weighted by Crippen LogP contribution is -2.46. The Kier molecular flexibility index (Phi) is 4.10. The minimum Gasteiger partial charge on any atom is -0.324 e. The van der Waals surface area contributed by atoms with Crippen molar-refractivity contribution in [1.29, 1.82) is 0 Å². The molecule has 0 radical (unpaired) electrons. The molecule has 0 saturated carbocycles. The Balaban J connectivity index is 2.73. The van der Waals surface area contributed by atoms with Gasteiger partial charge in [0, 0.05) is 20.1 Å². The summed E-state index contributed by atoms with van der Waals surface area (Å²) in [4.78, 5) is 26.8. The molecule has 1 fully saturated rings. The molecule has 0 aromatic rings. The molecular formula is C12H20N2O2. The number of hydrogen-bond acceptors (Lipinski definition) is 2. The average molecular weight is 224 g/mol. The van der Waals surface area contributed by atoms with Crippen LogP contribution in [0.3, 0.4) is 0 Å². The molecule has 2 unspecified atom stereocenters. The molecule has 0 aromatic heterocycles. The highest BCUT2D eigenvalue weighted by molar-refractivity contribution is 5.87. The van der Waals surface area contributed by atoms with Crippen molar-refractivity contribution in [2.45, 2.75) is 26.3 Å². The zero-order valence-electron chi connectivity index (χ0n) is 10.3. The fourth-order valence-corrected chi connectivity index (χ4v) is 2.13. The topological polar surface area (TPSA) is 40.6 Å². The number of likely N-dealkylation sites (tertiary alicyclic amines) is 1. The monoisotopic (exact) mass is 224 g/mol. The molecule has 0 aromatic carbocycles. The quantitative estimate of drug-likeness (QED) is 0.682. The Morgan fingerprint density at radius 2 is 2.19 bits per heavy atom. The van der Waals surface area contributed by atoms with E-state index in [2.05, 4.69) is 13.5 Å². The highest BCUT2D eigenvalue weighted by atomic mass is 16.2. The van der Waals surface area contributed by atoms with Gasteiger partial charge in [-0.25, -0.2) is 4.79 Å². The molecule has 1 heterocycles. The second-order valence-corrected chi connectivity index (χ2v) is 4.57. The predicted molar refractivity (Wildman–Crippen MR) is 63.2 cm³/mol. The third-order valence-electron chi connectivity index (χ3n) is 2.95. The molecule has 1 aliphatic rings. The molecular weight excluding hydrogens is 204 g/mol. The summed E-state index contributed by atoms with van der Waals surface area (Å²) in [6, 6.07) is -0.320. The Hall–Kier alpha value is -1.32. The number of likely N-dealkylation sites (N-methyl/N-ethyl adjacent to an activating group) is 1. The molecule has 2 amide bonds. The van der Waals surface area contributed by atoms with Crippen molar-refractivity contribution in [2.24, 2.45) is 5.92 Å². The van der Waals surface area contributed by atoms with Crippen LogP contribution in [0.4, 0.5) is 4.79 Å². The second-order valence-electron chi connectivity index (χ2n) is 4.57. The van der Waals surface area contributed by atoms with Crippen LogP contribution in [0.25, 0.3) is 0 Å². The van der Waals surface area contributed by atoms with E-state index in [0.29, 0.717) is 19.0 Å². The van der Waals surface area contributed by atoms with Crippen LogP contribution in [-0.2, 0) is 4.79 Å². The van der Waals surface area contributed by atoms with Crippen LogP contribution in [-0.4, -0.2) is 47.8 Å². The molecule has 1 saturated heterocycles. The molecule has 2 atom stereocenters. The maximum Gasteiger partial charge on any atom is 0.320 e. The lowest BCUT2D eigenvalue weighted by atomic mass is 10.1. The number of Topliss-reactive ketones (excluding diaryl/α,β-unsaturated/α-hetero) is 1. The Morgan fingerprint density at radius 3 is 2.69 bits per heavy atom. The van der Waals surface area contributed by atoms with Crippen LogP contribution in [0.1, 0.15) is 20.3 Å². The average Bonchev–Trinajstić information content (AvgIpc) is 2.59. The normalized spacial score (nSPS) is 24.3. The van der Waals surface area contributed by atoms with Gasteiger partial charge in [-0.15, -0.1) is 6.58 Å². The first kappa shape index (κ1) is 12.7. The van der Waals surface area contributed by atoms with Crippen LogP contribution >= 0.6 is 0 Å². The number of hydrogen-bond donors (Lipinski definition) is 0. The van der Waals surface area contributed by atoms with E-state index in [-0.39, 0.29) is 17.9 Å². The highest BCUT2D eigenvalue weighted by Gasteiger charge is 2.36. The van der Waals surface area contributed by atoms with Gasteiger partial charge in [0.1, 0.15) is 0 Å². The van der Waals surface area contributed by atoms with Crippen LogP contribution in [0.2, 0.25) is 0 Å². The van der Waals surface area contributed by atoms with Crippen molar-refractivity contribution in [2.75, 3.05) is 20.1 Å². The fraction of sp³-hybridized carbons (Fsp3) is 0.667. The van der Waals surface area contributed by atoms with E-state index in [1.165, 1.54) is 0 Å². The summed E-state index contributed by atoms with van der Waals surface area (Å²) in [6.45, 7) is 8.40. The maximum absolute atomic E-state index is 12.0. The summed E-state index contributed by atoms with van der Waals surface area (Å²) in [5.41, 5.74) is 0. The predicted octanol–water partition coefficient (Wildman–Crippen LogP) is 1.52. The molecule has 4 nitrogen and oxygen atoms in total. The van der Waals surface area contributed by atoms with Crippen molar-refractivity contribution in [1.82, 2.24) is 9.80 Å². The summed E-state index contributed by atoms with van der Waals surface area (Å²) in [7, 11) is 1.73. The van der Waals surface area contributed by atoms with Crippen molar-refractivity contribution >= 4 is 11.8 Å². The zero-order valence-corrected chi connectivity index (χ0v) is 10.3. The van der Waals surface area contributed by atoms with E-state index in [1.807, 2.05) is 0 Å². The lowest BCUT2D eigenvalue weighted by molar-refractivity contribution is -0.120. The van der Waals surface area contributed by atoms with E-state index in [9.17, 15) is 9.59 Å². The number of nitrogens with zero attached hydrogens (tertiary/aromatic N) is 2. The highest BCUT2D eigenvalue weighted by Crippen LogP contribution is 2.24. The lowest BCUT2D eigenvalue weighted by Gasteiger charge is -2.27. The minimum atomic E-state index is -0.241. The van der Waals surface area contributed by atoms with Gasteiger partial charge in [0.2, 0.25) is 0 Å². The number of ketones is 1. The van der Waals surface area contributed by atoms with Gasteiger partial charge in [-0.3, -0.25) is 4.79 Å². The molecule has 4 heteroatoms. The zero-order chi connectivity index (χ0) is 12.3. The molecule has 16 heavy (non-hydrogen) atoms. The van der Waals surface area contributed by atoms with Gasteiger partial charge in [0.25, 0.3) is 0 Å². The van der Waals surface area contributed by atoms with Gasteiger partial charge in [-0.2, -0.15) is 0 Å². The molecule has 1 rings (SSSR count). The molecule has 1 aliphatic heterocycles. The van der Waals surface area contributed by atoms with Crippen molar-refractivity contribution < 1.29 is 9.59 Å². The van der Waals surface area contributed by atoms with Gasteiger partial charge in [-0.1, -0.05) is 13.0 Å².